The van der Waals surface area contributed by atoms with Gasteiger partial charge in [-0.2, -0.15) is 0 Å². The van der Waals surface area contributed by atoms with E-state index in [1.165, 1.54) is 29.3 Å². The highest BCUT2D eigenvalue weighted by atomic mass is 32.1. The number of hydrogen-bond donors (Lipinski definition) is 1. The third-order valence-electron chi connectivity index (χ3n) is 4.76. The predicted molar refractivity (Wildman–Crippen MR) is 123 cm³/mol. The summed E-state index contributed by atoms with van der Waals surface area (Å²) >= 11 is 2.56. The molecule has 0 aliphatic rings. The van der Waals surface area contributed by atoms with Gasteiger partial charge in [0.15, 0.2) is 0 Å². The second-order valence-corrected chi connectivity index (χ2v) is 8.83. The molecule has 4 aromatic rings. The predicted octanol–water partition coefficient (Wildman–Crippen LogP) is 4.31. The molecule has 3 heterocycles. The van der Waals surface area contributed by atoms with E-state index in [0.29, 0.717) is 20.1 Å². The highest BCUT2D eigenvalue weighted by Crippen LogP contribution is 2.30. The molecule has 0 unspecified atom stereocenters. The summed E-state index contributed by atoms with van der Waals surface area (Å²) in [5.41, 5.74) is 2.79. The van der Waals surface area contributed by atoms with E-state index >= 15 is 0 Å². The number of esters is 1. The van der Waals surface area contributed by atoms with Crippen LogP contribution in [0.1, 0.15) is 21.7 Å². The maximum absolute atomic E-state index is 13.1. The number of aromatic nitrogens is 2. The first-order chi connectivity index (χ1) is 15.0. The minimum Gasteiger partial charge on any atom is -0.465 e. The second kappa shape index (κ2) is 8.83. The Balaban J connectivity index is 1.50. The molecule has 158 valence electrons. The van der Waals surface area contributed by atoms with Crippen LogP contribution in [0.25, 0.3) is 21.3 Å². The molecule has 31 heavy (non-hydrogen) atoms. The molecule has 1 N–H and O–H groups in total. The third-order valence-corrected chi connectivity index (χ3v) is 6.63. The molecule has 0 fully saturated rings. The first kappa shape index (κ1) is 21.0. The standard InChI is InChI=1S/C22H19N3O4S2/c1-13-3-5-14(6-4-13)15-11-30-20-19(15)21(27)25(12-23-20)10-9-17(26)24-18-8-7-16(31-18)22(28)29-2/h3-8,11-12H,9-10H2,1-2H3,(H,24,26). The summed E-state index contributed by atoms with van der Waals surface area (Å²) in [6.07, 6.45) is 1.58. The maximum atomic E-state index is 13.1. The number of amides is 1. The van der Waals surface area contributed by atoms with Crippen molar-refractivity contribution in [3.05, 3.63) is 68.9 Å². The Morgan fingerprint density at radius 3 is 2.68 bits per heavy atom. The zero-order valence-corrected chi connectivity index (χ0v) is 18.5. The fourth-order valence-corrected chi connectivity index (χ4v) is 4.86. The Hall–Kier alpha value is -3.30. The van der Waals surface area contributed by atoms with Gasteiger partial charge in [-0.05, 0) is 24.6 Å². The number of thiophene rings is 2. The molecule has 4 rings (SSSR count). The van der Waals surface area contributed by atoms with Crippen molar-refractivity contribution in [3.63, 3.8) is 0 Å². The summed E-state index contributed by atoms with van der Waals surface area (Å²) in [6.45, 7) is 2.22. The molecule has 0 saturated heterocycles. The number of anilines is 1. The van der Waals surface area contributed by atoms with Crippen LogP contribution in [-0.4, -0.2) is 28.5 Å². The maximum Gasteiger partial charge on any atom is 0.348 e. The van der Waals surface area contributed by atoms with E-state index in [-0.39, 0.29) is 24.4 Å². The average Bonchev–Trinajstić information content (AvgIpc) is 3.41. The number of rotatable bonds is 6. The van der Waals surface area contributed by atoms with Crippen LogP contribution in [0.4, 0.5) is 5.00 Å². The van der Waals surface area contributed by atoms with Gasteiger partial charge in [0, 0.05) is 23.9 Å². The summed E-state index contributed by atoms with van der Waals surface area (Å²) < 4.78 is 6.12. The summed E-state index contributed by atoms with van der Waals surface area (Å²) in [6, 6.07) is 11.2. The van der Waals surface area contributed by atoms with Gasteiger partial charge < -0.3 is 10.1 Å². The monoisotopic (exact) mass is 453 g/mol. The second-order valence-electron chi connectivity index (χ2n) is 6.89. The van der Waals surface area contributed by atoms with E-state index in [1.807, 2.05) is 36.6 Å². The normalized spacial score (nSPS) is 10.9. The SMILES string of the molecule is COC(=O)c1ccc(NC(=O)CCn2cnc3scc(-c4ccc(C)cc4)c3c2=O)s1. The smallest absolute Gasteiger partial charge is 0.348 e. The van der Waals surface area contributed by atoms with Crippen LogP contribution in [0, 0.1) is 6.92 Å². The van der Waals surface area contributed by atoms with Crippen molar-refractivity contribution in [1.82, 2.24) is 9.55 Å². The number of carbonyl (C=O) groups excluding carboxylic acids is 2. The van der Waals surface area contributed by atoms with Crippen LogP contribution in [0.5, 0.6) is 0 Å². The van der Waals surface area contributed by atoms with Crippen molar-refractivity contribution in [3.8, 4) is 11.1 Å². The number of methoxy groups -OCH3 is 1. The quantitative estimate of drug-likeness (QED) is 0.439. The molecule has 0 bridgehead atoms. The molecule has 0 saturated carbocycles. The van der Waals surface area contributed by atoms with Crippen LogP contribution in [-0.2, 0) is 16.1 Å². The lowest BCUT2D eigenvalue weighted by atomic mass is 10.1. The molecule has 3 aromatic heterocycles. The summed E-state index contributed by atoms with van der Waals surface area (Å²) in [4.78, 5) is 42.4. The van der Waals surface area contributed by atoms with Crippen LogP contribution in [0.15, 0.2) is 52.9 Å². The fourth-order valence-electron chi connectivity index (χ4n) is 3.11. The van der Waals surface area contributed by atoms with Gasteiger partial charge in [0.1, 0.15) is 9.71 Å². The van der Waals surface area contributed by atoms with Gasteiger partial charge in [0.05, 0.1) is 23.8 Å². The van der Waals surface area contributed by atoms with E-state index in [1.54, 1.807) is 12.1 Å². The lowest BCUT2D eigenvalue weighted by Crippen LogP contribution is -2.23. The number of nitrogens with zero attached hydrogens (tertiary/aromatic N) is 2. The Bertz CT molecular complexity index is 1320. The van der Waals surface area contributed by atoms with E-state index in [4.69, 9.17) is 0 Å². The van der Waals surface area contributed by atoms with Gasteiger partial charge in [-0.3, -0.25) is 14.2 Å². The Kier molecular flexibility index (Phi) is 5.97. The van der Waals surface area contributed by atoms with Crippen molar-refractivity contribution in [1.29, 1.82) is 0 Å². The lowest BCUT2D eigenvalue weighted by molar-refractivity contribution is -0.116. The molecule has 0 aliphatic carbocycles. The van der Waals surface area contributed by atoms with Crippen molar-refractivity contribution < 1.29 is 14.3 Å². The molecule has 0 radical (unpaired) electrons. The number of fused-ring (bicyclic) bond motifs is 1. The zero-order valence-electron chi connectivity index (χ0n) is 16.9. The minimum absolute atomic E-state index is 0.0998. The van der Waals surface area contributed by atoms with Crippen molar-refractivity contribution in [2.45, 2.75) is 19.9 Å². The Morgan fingerprint density at radius 2 is 1.94 bits per heavy atom. The van der Waals surface area contributed by atoms with Crippen molar-refractivity contribution >= 4 is 49.8 Å². The number of carbonyl (C=O) groups is 2. The lowest BCUT2D eigenvalue weighted by Gasteiger charge is -2.07. The van der Waals surface area contributed by atoms with Crippen molar-refractivity contribution in [2.75, 3.05) is 12.4 Å². The van der Waals surface area contributed by atoms with Crippen LogP contribution in [0.2, 0.25) is 0 Å². The molecule has 1 aromatic carbocycles. The zero-order chi connectivity index (χ0) is 22.0. The molecular weight excluding hydrogens is 434 g/mol. The van der Waals surface area contributed by atoms with Gasteiger partial charge in [-0.25, -0.2) is 9.78 Å². The topological polar surface area (TPSA) is 90.3 Å². The first-order valence-corrected chi connectivity index (χ1v) is 11.2. The summed E-state index contributed by atoms with van der Waals surface area (Å²) in [5.74, 6) is -0.703. The van der Waals surface area contributed by atoms with Gasteiger partial charge in [0.25, 0.3) is 5.56 Å². The first-order valence-electron chi connectivity index (χ1n) is 9.48. The summed E-state index contributed by atoms with van der Waals surface area (Å²) in [7, 11) is 1.31. The Morgan fingerprint density at radius 1 is 1.16 bits per heavy atom. The average molecular weight is 454 g/mol. The third kappa shape index (κ3) is 4.42. The number of nitrogens with one attached hydrogen (secondary N) is 1. The minimum atomic E-state index is -0.448. The van der Waals surface area contributed by atoms with E-state index in [2.05, 4.69) is 15.0 Å². The fraction of sp³-hybridized carbons (Fsp3) is 0.182. The van der Waals surface area contributed by atoms with Gasteiger partial charge in [-0.1, -0.05) is 29.8 Å². The largest absolute Gasteiger partial charge is 0.465 e. The van der Waals surface area contributed by atoms with Gasteiger partial charge in [0.2, 0.25) is 5.91 Å². The number of hydrogen-bond acceptors (Lipinski definition) is 7. The molecule has 9 heteroatoms. The van der Waals surface area contributed by atoms with E-state index < -0.39 is 5.97 Å². The van der Waals surface area contributed by atoms with Crippen molar-refractivity contribution in [2.24, 2.45) is 0 Å². The van der Waals surface area contributed by atoms with Gasteiger partial charge in [-0.15, -0.1) is 22.7 Å². The van der Waals surface area contributed by atoms with Crippen LogP contribution >= 0.6 is 22.7 Å². The molecule has 1 amide bonds. The Labute approximate surface area is 185 Å². The number of ether oxygens (including phenoxy) is 1. The van der Waals surface area contributed by atoms with Crippen LogP contribution < -0.4 is 10.9 Å². The van der Waals surface area contributed by atoms with E-state index in [9.17, 15) is 14.4 Å². The molecule has 0 aliphatic heterocycles. The van der Waals surface area contributed by atoms with Gasteiger partial charge >= 0.3 is 5.97 Å². The molecule has 7 nitrogen and oxygen atoms in total. The van der Waals surface area contributed by atoms with Crippen LogP contribution in [0.3, 0.4) is 0 Å². The number of benzene rings is 1. The van der Waals surface area contributed by atoms with E-state index in [0.717, 1.165) is 28.0 Å². The molecular formula is C22H19N3O4S2. The molecule has 0 atom stereocenters. The number of aryl methyl sites for hydroxylation is 2. The highest BCUT2D eigenvalue weighted by Gasteiger charge is 2.15. The highest BCUT2D eigenvalue weighted by molar-refractivity contribution is 7.18. The molecule has 0 spiro atoms. The summed E-state index contributed by atoms with van der Waals surface area (Å²) in [5, 5.41) is 5.80.